The maximum atomic E-state index is 6.06. The first-order chi connectivity index (χ1) is 7.15. The highest BCUT2D eigenvalue weighted by Gasteiger charge is 2.05. The van der Waals surface area contributed by atoms with Crippen molar-refractivity contribution in [3.8, 4) is 0 Å². The van der Waals surface area contributed by atoms with E-state index in [9.17, 15) is 0 Å². The van der Waals surface area contributed by atoms with Crippen molar-refractivity contribution in [3.63, 3.8) is 0 Å². The summed E-state index contributed by atoms with van der Waals surface area (Å²) in [4.78, 5) is 0. The molecule has 0 aliphatic carbocycles. The van der Waals surface area contributed by atoms with Gasteiger partial charge in [-0.2, -0.15) is 0 Å². The molecule has 1 unspecified atom stereocenters. The summed E-state index contributed by atoms with van der Waals surface area (Å²) < 4.78 is 0. The Morgan fingerprint density at radius 1 is 1.47 bits per heavy atom. The number of halogens is 2. The molecule has 0 amide bonds. The van der Waals surface area contributed by atoms with Crippen molar-refractivity contribution in [1.29, 1.82) is 0 Å². The summed E-state index contributed by atoms with van der Waals surface area (Å²) in [7, 11) is 0. The topological polar surface area (TPSA) is 12.0 Å². The van der Waals surface area contributed by atoms with Gasteiger partial charge in [-0.3, -0.25) is 0 Å². The normalized spacial score (nSPS) is 12.5. The third-order valence-corrected chi connectivity index (χ3v) is 3.05. The van der Waals surface area contributed by atoms with Crippen molar-refractivity contribution in [3.05, 3.63) is 46.5 Å². The third-order valence-electron chi connectivity index (χ3n) is 2.19. The lowest BCUT2D eigenvalue weighted by atomic mass is 10.2. The Labute approximate surface area is 101 Å². The molecule has 0 saturated heterocycles. The molecule has 0 aliphatic heterocycles. The van der Waals surface area contributed by atoms with Gasteiger partial charge in [0, 0.05) is 12.6 Å². The second kappa shape index (κ2) is 6.16. The van der Waals surface area contributed by atoms with Gasteiger partial charge in [0.05, 0.1) is 10.0 Å². The summed E-state index contributed by atoms with van der Waals surface area (Å²) in [6.45, 7) is 6.54. The maximum absolute atomic E-state index is 6.06. The highest BCUT2D eigenvalue weighted by atomic mass is 35.5. The predicted octanol–water partition coefficient (Wildman–Crippen LogP) is 4.05. The van der Waals surface area contributed by atoms with E-state index < -0.39 is 0 Å². The van der Waals surface area contributed by atoms with Gasteiger partial charge in [0.2, 0.25) is 0 Å². The van der Waals surface area contributed by atoms with Gasteiger partial charge in [0.25, 0.3) is 0 Å². The fourth-order valence-corrected chi connectivity index (χ4v) is 1.69. The molecule has 0 radical (unpaired) electrons. The number of benzene rings is 1. The van der Waals surface area contributed by atoms with Crippen molar-refractivity contribution < 1.29 is 0 Å². The molecule has 0 aromatic heterocycles. The fourth-order valence-electron chi connectivity index (χ4n) is 1.30. The van der Waals surface area contributed by atoms with Gasteiger partial charge < -0.3 is 5.32 Å². The minimum atomic E-state index is 0.401. The lowest BCUT2D eigenvalue weighted by Crippen LogP contribution is -2.24. The molecule has 1 N–H and O–H groups in total. The molecule has 0 spiro atoms. The summed E-state index contributed by atoms with van der Waals surface area (Å²) in [6, 6.07) is 6.07. The van der Waals surface area contributed by atoms with Crippen LogP contribution in [0.15, 0.2) is 30.9 Å². The molecular weight excluding hydrogens is 229 g/mol. The third kappa shape index (κ3) is 3.86. The summed E-state index contributed by atoms with van der Waals surface area (Å²) in [5.74, 6) is 0. The number of nitrogens with one attached hydrogen (secondary N) is 1. The lowest BCUT2D eigenvalue weighted by molar-refractivity contribution is 0.554. The van der Waals surface area contributed by atoms with Crippen LogP contribution < -0.4 is 5.32 Å². The van der Waals surface area contributed by atoms with E-state index in [0.29, 0.717) is 16.1 Å². The molecule has 1 atom stereocenters. The van der Waals surface area contributed by atoms with Crippen LogP contribution in [0.2, 0.25) is 10.0 Å². The SMILES string of the molecule is C=CCC(C)NCc1cccc(Cl)c1Cl. The maximum Gasteiger partial charge on any atom is 0.0637 e. The van der Waals surface area contributed by atoms with Gasteiger partial charge >= 0.3 is 0 Å². The lowest BCUT2D eigenvalue weighted by Gasteiger charge is -2.12. The van der Waals surface area contributed by atoms with E-state index in [1.54, 1.807) is 6.07 Å². The molecule has 0 bridgehead atoms. The van der Waals surface area contributed by atoms with Crippen LogP contribution >= 0.6 is 23.2 Å². The zero-order valence-electron chi connectivity index (χ0n) is 8.76. The van der Waals surface area contributed by atoms with Crippen LogP contribution in [-0.4, -0.2) is 6.04 Å². The largest absolute Gasteiger partial charge is 0.310 e. The Morgan fingerprint density at radius 3 is 2.87 bits per heavy atom. The summed E-state index contributed by atoms with van der Waals surface area (Å²) in [5.41, 5.74) is 1.03. The zero-order valence-corrected chi connectivity index (χ0v) is 10.3. The summed E-state index contributed by atoms with van der Waals surface area (Å²) in [5, 5.41) is 4.59. The molecule has 0 aliphatic rings. The standard InChI is InChI=1S/C12H15Cl2N/c1-3-5-9(2)15-8-10-6-4-7-11(13)12(10)14/h3-4,6-7,9,15H,1,5,8H2,2H3. The van der Waals surface area contributed by atoms with Gasteiger partial charge in [0.15, 0.2) is 0 Å². The van der Waals surface area contributed by atoms with Crippen LogP contribution in [0.5, 0.6) is 0 Å². The van der Waals surface area contributed by atoms with E-state index in [1.807, 2.05) is 18.2 Å². The van der Waals surface area contributed by atoms with Crippen LogP contribution in [0.3, 0.4) is 0 Å². The Hall–Kier alpha value is -0.500. The minimum Gasteiger partial charge on any atom is -0.310 e. The highest BCUT2D eigenvalue weighted by molar-refractivity contribution is 6.42. The Morgan fingerprint density at radius 2 is 2.20 bits per heavy atom. The van der Waals surface area contributed by atoms with Gasteiger partial charge in [0.1, 0.15) is 0 Å². The molecule has 82 valence electrons. The van der Waals surface area contributed by atoms with Gasteiger partial charge in [-0.25, -0.2) is 0 Å². The van der Waals surface area contributed by atoms with Gasteiger partial charge in [-0.15, -0.1) is 6.58 Å². The molecule has 1 aromatic rings. The van der Waals surface area contributed by atoms with Crippen LogP contribution in [0.25, 0.3) is 0 Å². The molecule has 3 heteroatoms. The van der Waals surface area contributed by atoms with E-state index in [-0.39, 0.29) is 0 Å². The fraction of sp³-hybridized carbons (Fsp3) is 0.333. The Kier molecular flexibility index (Phi) is 5.16. The van der Waals surface area contributed by atoms with Gasteiger partial charge in [-0.1, -0.05) is 41.4 Å². The van der Waals surface area contributed by atoms with E-state index in [0.717, 1.165) is 18.5 Å². The number of rotatable bonds is 5. The smallest absolute Gasteiger partial charge is 0.0637 e. The molecule has 0 fully saturated rings. The second-order valence-corrected chi connectivity index (χ2v) is 4.30. The minimum absolute atomic E-state index is 0.401. The van der Waals surface area contributed by atoms with Crippen molar-refractivity contribution in [2.24, 2.45) is 0 Å². The van der Waals surface area contributed by atoms with E-state index in [1.165, 1.54) is 0 Å². The summed E-state index contributed by atoms with van der Waals surface area (Å²) in [6.07, 6.45) is 2.84. The van der Waals surface area contributed by atoms with E-state index >= 15 is 0 Å². The van der Waals surface area contributed by atoms with Crippen molar-refractivity contribution in [2.45, 2.75) is 25.9 Å². The molecule has 1 nitrogen and oxygen atoms in total. The average Bonchev–Trinajstić information content (AvgIpc) is 2.21. The molecule has 0 heterocycles. The first kappa shape index (κ1) is 12.6. The first-order valence-electron chi connectivity index (χ1n) is 4.92. The Balaban J connectivity index is 2.57. The van der Waals surface area contributed by atoms with Gasteiger partial charge in [-0.05, 0) is 25.0 Å². The van der Waals surface area contributed by atoms with Crippen LogP contribution in [0.4, 0.5) is 0 Å². The molecule has 0 saturated carbocycles. The summed E-state index contributed by atoms with van der Waals surface area (Å²) >= 11 is 12.0. The monoisotopic (exact) mass is 243 g/mol. The number of hydrogen-bond acceptors (Lipinski definition) is 1. The average molecular weight is 244 g/mol. The van der Waals surface area contributed by atoms with Crippen molar-refractivity contribution in [1.82, 2.24) is 5.32 Å². The van der Waals surface area contributed by atoms with Crippen molar-refractivity contribution in [2.75, 3.05) is 0 Å². The molecule has 1 aromatic carbocycles. The quantitative estimate of drug-likeness (QED) is 0.770. The first-order valence-corrected chi connectivity index (χ1v) is 5.68. The molecule has 1 rings (SSSR count). The van der Waals surface area contributed by atoms with E-state index in [2.05, 4.69) is 18.8 Å². The number of hydrogen-bond donors (Lipinski definition) is 1. The zero-order chi connectivity index (χ0) is 11.3. The van der Waals surface area contributed by atoms with Crippen LogP contribution in [0, 0.1) is 0 Å². The van der Waals surface area contributed by atoms with Crippen molar-refractivity contribution >= 4 is 23.2 Å². The highest BCUT2D eigenvalue weighted by Crippen LogP contribution is 2.25. The van der Waals surface area contributed by atoms with Crippen LogP contribution in [0.1, 0.15) is 18.9 Å². The second-order valence-electron chi connectivity index (χ2n) is 3.52. The molecular formula is C12H15Cl2N. The Bertz CT molecular complexity index is 336. The molecule has 15 heavy (non-hydrogen) atoms. The van der Waals surface area contributed by atoms with Crippen LogP contribution in [-0.2, 0) is 6.54 Å². The predicted molar refractivity (Wildman–Crippen MR) is 67.6 cm³/mol. The van der Waals surface area contributed by atoms with E-state index in [4.69, 9.17) is 23.2 Å².